The van der Waals surface area contributed by atoms with Crippen LogP contribution in [0.5, 0.6) is 0 Å². The highest BCUT2D eigenvalue weighted by atomic mass is 19.1. The first kappa shape index (κ1) is 8.71. The molecule has 0 aliphatic rings. The quantitative estimate of drug-likeness (QED) is 0.408. The predicted octanol–water partition coefficient (Wildman–Crippen LogP) is 2.20. The van der Waals surface area contributed by atoms with Crippen LogP contribution in [0.4, 0.5) is 4.39 Å². The first-order valence-electron chi connectivity index (χ1n) is 3.73. The van der Waals surface area contributed by atoms with Crippen molar-refractivity contribution in [3.8, 4) is 0 Å². The van der Waals surface area contributed by atoms with E-state index in [0.717, 1.165) is 12.0 Å². The third-order valence-corrected chi connectivity index (χ3v) is 1.59. The van der Waals surface area contributed by atoms with Crippen LogP contribution >= 0.6 is 0 Å². The molecular weight excluding hydrogens is 157 g/mol. The molecule has 1 rings (SSSR count). The molecule has 0 saturated heterocycles. The van der Waals surface area contributed by atoms with Crippen LogP contribution in [0.15, 0.2) is 23.4 Å². The minimum Gasteiger partial charge on any atom is -0.411 e. The van der Waals surface area contributed by atoms with E-state index in [1.807, 2.05) is 6.92 Å². The fourth-order valence-corrected chi connectivity index (χ4v) is 1.02. The van der Waals surface area contributed by atoms with Gasteiger partial charge in [0.1, 0.15) is 5.82 Å². The van der Waals surface area contributed by atoms with Crippen LogP contribution < -0.4 is 0 Å². The summed E-state index contributed by atoms with van der Waals surface area (Å²) in [5, 5.41) is 11.1. The van der Waals surface area contributed by atoms with Crippen molar-refractivity contribution in [2.24, 2.45) is 5.16 Å². The van der Waals surface area contributed by atoms with Gasteiger partial charge in [-0.15, -0.1) is 0 Å². The Hall–Kier alpha value is -1.38. The van der Waals surface area contributed by atoms with Gasteiger partial charge in [-0.25, -0.2) is 4.39 Å². The SMILES string of the molecule is CCc1cc(F)cc(/C=N\O)c1. The van der Waals surface area contributed by atoms with Gasteiger partial charge in [-0.2, -0.15) is 0 Å². The monoisotopic (exact) mass is 167 g/mol. The van der Waals surface area contributed by atoms with Crippen LogP contribution in [-0.2, 0) is 6.42 Å². The van der Waals surface area contributed by atoms with Crippen molar-refractivity contribution in [2.45, 2.75) is 13.3 Å². The van der Waals surface area contributed by atoms with Crippen molar-refractivity contribution < 1.29 is 9.60 Å². The Bertz CT molecular complexity index is 297. The Morgan fingerprint density at radius 1 is 1.50 bits per heavy atom. The third-order valence-electron chi connectivity index (χ3n) is 1.59. The lowest BCUT2D eigenvalue weighted by molar-refractivity contribution is 0.322. The van der Waals surface area contributed by atoms with E-state index in [2.05, 4.69) is 5.16 Å². The molecule has 0 saturated carbocycles. The van der Waals surface area contributed by atoms with Crippen LogP contribution in [-0.4, -0.2) is 11.4 Å². The van der Waals surface area contributed by atoms with Crippen LogP contribution in [0, 0.1) is 5.82 Å². The van der Waals surface area contributed by atoms with Crippen LogP contribution in [0.3, 0.4) is 0 Å². The average Bonchev–Trinajstić information content (AvgIpc) is 2.04. The van der Waals surface area contributed by atoms with Crippen molar-refractivity contribution in [3.05, 3.63) is 35.1 Å². The topological polar surface area (TPSA) is 32.6 Å². The second kappa shape index (κ2) is 3.85. The zero-order valence-corrected chi connectivity index (χ0v) is 6.79. The summed E-state index contributed by atoms with van der Waals surface area (Å²) in [7, 11) is 0. The Labute approximate surface area is 70.3 Å². The number of halogens is 1. The van der Waals surface area contributed by atoms with Crippen molar-refractivity contribution in [2.75, 3.05) is 0 Å². The highest BCUT2D eigenvalue weighted by molar-refractivity contribution is 5.79. The zero-order chi connectivity index (χ0) is 8.97. The molecule has 0 fully saturated rings. The van der Waals surface area contributed by atoms with Crippen LogP contribution in [0.25, 0.3) is 0 Å². The maximum Gasteiger partial charge on any atom is 0.124 e. The number of oxime groups is 1. The molecule has 0 bridgehead atoms. The van der Waals surface area contributed by atoms with Gasteiger partial charge in [0.15, 0.2) is 0 Å². The molecule has 1 N–H and O–H groups in total. The molecule has 12 heavy (non-hydrogen) atoms. The lowest BCUT2D eigenvalue weighted by atomic mass is 10.1. The number of aryl methyl sites for hydroxylation is 1. The van der Waals surface area contributed by atoms with Crippen molar-refractivity contribution in [1.82, 2.24) is 0 Å². The molecule has 0 heterocycles. The summed E-state index contributed by atoms with van der Waals surface area (Å²) in [5.41, 5.74) is 1.47. The second-order valence-corrected chi connectivity index (χ2v) is 2.49. The summed E-state index contributed by atoms with van der Waals surface area (Å²) in [6.07, 6.45) is 1.98. The number of nitrogens with zero attached hydrogens (tertiary/aromatic N) is 1. The minimum atomic E-state index is -0.302. The summed E-state index contributed by atoms with van der Waals surface area (Å²) in [6, 6.07) is 4.57. The Kier molecular flexibility index (Phi) is 2.80. The van der Waals surface area contributed by atoms with E-state index < -0.39 is 0 Å². The molecule has 1 aromatic rings. The zero-order valence-electron chi connectivity index (χ0n) is 6.79. The number of hydrogen-bond donors (Lipinski definition) is 1. The van der Waals surface area contributed by atoms with Gasteiger partial charge in [0.2, 0.25) is 0 Å². The van der Waals surface area contributed by atoms with Gasteiger partial charge in [0.05, 0.1) is 6.21 Å². The number of rotatable bonds is 2. The standard InChI is InChI=1S/C9H10FNO/c1-2-7-3-8(6-11-12)5-9(10)4-7/h3-6,12H,2H2,1H3/b11-6-. The normalized spacial score (nSPS) is 10.8. The highest BCUT2D eigenvalue weighted by Gasteiger charge is 1.96. The van der Waals surface area contributed by atoms with Gasteiger partial charge in [-0.1, -0.05) is 12.1 Å². The van der Waals surface area contributed by atoms with E-state index in [4.69, 9.17) is 5.21 Å². The molecule has 0 unspecified atom stereocenters. The molecule has 0 spiro atoms. The summed E-state index contributed by atoms with van der Waals surface area (Å²) < 4.78 is 12.8. The van der Waals surface area contributed by atoms with E-state index in [9.17, 15) is 4.39 Å². The van der Waals surface area contributed by atoms with Gasteiger partial charge in [0, 0.05) is 0 Å². The highest BCUT2D eigenvalue weighted by Crippen LogP contribution is 2.07. The van der Waals surface area contributed by atoms with Gasteiger partial charge < -0.3 is 5.21 Å². The number of benzene rings is 1. The molecule has 0 aliphatic carbocycles. The summed E-state index contributed by atoms with van der Waals surface area (Å²) in [5.74, 6) is -0.302. The first-order valence-corrected chi connectivity index (χ1v) is 3.73. The van der Waals surface area contributed by atoms with Crippen LogP contribution in [0.2, 0.25) is 0 Å². The fraction of sp³-hybridized carbons (Fsp3) is 0.222. The fourth-order valence-electron chi connectivity index (χ4n) is 1.02. The largest absolute Gasteiger partial charge is 0.411 e. The molecule has 0 aliphatic heterocycles. The maximum absolute atomic E-state index is 12.8. The van der Waals surface area contributed by atoms with Crippen molar-refractivity contribution >= 4 is 6.21 Å². The molecule has 0 radical (unpaired) electrons. The molecule has 2 nitrogen and oxygen atoms in total. The second-order valence-electron chi connectivity index (χ2n) is 2.49. The predicted molar refractivity (Wildman–Crippen MR) is 45.2 cm³/mol. The summed E-state index contributed by atoms with van der Waals surface area (Å²) in [6.45, 7) is 1.94. The molecule has 0 aromatic heterocycles. The van der Waals surface area contributed by atoms with Gasteiger partial charge in [-0.05, 0) is 35.7 Å². The smallest absolute Gasteiger partial charge is 0.124 e. The lowest BCUT2D eigenvalue weighted by Crippen LogP contribution is -1.88. The van der Waals surface area contributed by atoms with Crippen LogP contribution in [0.1, 0.15) is 18.1 Å². The molecular formula is C9H10FNO. The maximum atomic E-state index is 12.8. The minimum absolute atomic E-state index is 0.302. The Morgan fingerprint density at radius 2 is 2.25 bits per heavy atom. The summed E-state index contributed by atoms with van der Waals surface area (Å²) >= 11 is 0. The van der Waals surface area contributed by atoms with Gasteiger partial charge in [0.25, 0.3) is 0 Å². The Morgan fingerprint density at radius 3 is 2.83 bits per heavy atom. The van der Waals surface area contributed by atoms with E-state index in [1.165, 1.54) is 18.3 Å². The van der Waals surface area contributed by atoms with E-state index in [0.29, 0.717) is 5.56 Å². The Balaban J connectivity index is 3.06. The summed E-state index contributed by atoms with van der Waals surface area (Å²) in [4.78, 5) is 0. The van der Waals surface area contributed by atoms with Crippen molar-refractivity contribution in [1.29, 1.82) is 0 Å². The third kappa shape index (κ3) is 2.05. The molecule has 1 aromatic carbocycles. The average molecular weight is 167 g/mol. The van der Waals surface area contributed by atoms with E-state index in [-0.39, 0.29) is 5.82 Å². The molecule has 64 valence electrons. The van der Waals surface area contributed by atoms with Gasteiger partial charge in [-0.3, -0.25) is 0 Å². The molecule has 3 heteroatoms. The van der Waals surface area contributed by atoms with Crippen molar-refractivity contribution in [3.63, 3.8) is 0 Å². The lowest BCUT2D eigenvalue weighted by Gasteiger charge is -1.98. The van der Waals surface area contributed by atoms with Gasteiger partial charge >= 0.3 is 0 Å². The van der Waals surface area contributed by atoms with E-state index >= 15 is 0 Å². The number of hydrogen-bond acceptors (Lipinski definition) is 2. The van der Waals surface area contributed by atoms with E-state index in [1.54, 1.807) is 6.07 Å². The first-order chi connectivity index (χ1) is 5.76. The molecule has 0 atom stereocenters. The molecule has 0 amide bonds.